The molecule has 124 valence electrons. The SMILES string of the molecule is CCCOc1ccccc1OCC(=O)Oc1ccc(C#N)cc1Cl. The Hall–Kier alpha value is -2.71. The normalized spacial score (nSPS) is 9.88. The molecule has 0 aliphatic carbocycles. The van der Waals surface area contributed by atoms with Gasteiger partial charge < -0.3 is 14.2 Å². The Kier molecular flexibility index (Phi) is 6.47. The van der Waals surface area contributed by atoms with Crippen molar-refractivity contribution >= 4 is 17.6 Å². The number of halogens is 1. The number of nitriles is 1. The fourth-order valence-electron chi connectivity index (χ4n) is 1.84. The number of hydrogen-bond acceptors (Lipinski definition) is 5. The second-order valence-electron chi connectivity index (χ2n) is 4.81. The Morgan fingerprint density at radius 3 is 2.46 bits per heavy atom. The topological polar surface area (TPSA) is 68.6 Å². The number of para-hydroxylation sites is 2. The van der Waals surface area contributed by atoms with Crippen LogP contribution in [-0.4, -0.2) is 19.2 Å². The Labute approximate surface area is 145 Å². The monoisotopic (exact) mass is 345 g/mol. The van der Waals surface area contributed by atoms with E-state index in [2.05, 4.69) is 0 Å². The van der Waals surface area contributed by atoms with Crippen LogP contribution < -0.4 is 14.2 Å². The zero-order valence-corrected chi connectivity index (χ0v) is 13.9. The second-order valence-corrected chi connectivity index (χ2v) is 5.22. The van der Waals surface area contributed by atoms with Gasteiger partial charge in [-0.15, -0.1) is 0 Å². The standard InChI is InChI=1S/C18H16ClNO4/c1-2-9-22-16-5-3-4-6-17(16)23-12-18(21)24-15-8-7-13(11-20)10-14(15)19/h3-8,10H,2,9,12H2,1H3. The number of ether oxygens (including phenoxy) is 3. The number of carbonyl (C=O) groups excluding carboxylic acids is 1. The molecule has 0 atom stereocenters. The van der Waals surface area contributed by atoms with Crippen molar-refractivity contribution in [2.75, 3.05) is 13.2 Å². The molecule has 0 fully saturated rings. The van der Waals surface area contributed by atoms with Gasteiger partial charge in [0.2, 0.25) is 0 Å². The van der Waals surface area contributed by atoms with E-state index >= 15 is 0 Å². The highest BCUT2D eigenvalue weighted by Crippen LogP contribution is 2.27. The molecule has 0 unspecified atom stereocenters. The highest BCUT2D eigenvalue weighted by molar-refractivity contribution is 6.32. The summed E-state index contributed by atoms with van der Waals surface area (Å²) >= 11 is 5.96. The van der Waals surface area contributed by atoms with Gasteiger partial charge in [-0.3, -0.25) is 0 Å². The van der Waals surface area contributed by atoms with Crippen LogP contribution in [-0.2, 0) is 4.79 Å². The maximum atomic E-state index is 11.9. The first-order valence-corrected chi connectivity index (χ1v) is 7.76. The Morgan fingerprint density at radius 1 is 1.12 bits per heavy atom. The summed E-state index contributed by atoms with van der Waals surface area (Å²) in [5.74, 6) is 0.615. The number of nitrogens with zero attached hydrogens (tertiary/aromatic N) is 1. The Bertz CT molecular complexity index is 755. The van der Waals surface area contributed by atoms with E-state index in [9.17, 15) is 4.79 Å². The van der Waals surface area contributed by atoms with Gasteiger partial charge in [0.25, 0.3) is 0 Å². The molecule has 6 heteroatoms. The molecule has 0 spiro atoms. The fourth-order valence-corrected chi connectivity index (χ4v) is 2.06. The van der Waals surface area contributed by atoms with Crippen molar-refractivity contribution in [1.29, 1.82) is 5.26 Å². The minimum atomic E-state index is -0.605. The average molecular weight is 346 g/mol. The molecule has 0 amide bonds. The smallest absolute Gasteiger partial charge is 0.349 e. The lowest BCUT2D eigenvalue weighted by Crippen LogP contribution is -2.18. The summed E-state index contributed by atoms with van der Waals surface area (Å²) in [7, 11) is 0. The van der Waals surface area contributed by atoms with Gasteiger partial charge >= 0.3 is 5.97 Å². The molecule has 2 rings (SSSR count). The van der Waals surface area contributed by atoms with E-state index in [0.29, 0.717) is 23.7 Å². The largest absolute Gasteiger partial charge is 0.490 e. The molecule has 0 saturated heterocycles. The summed E-state index contributed by atoms with van der Waals surface area (Å²) in [6.45, 7) is 2.27. The van der Waals surface area contributed by atoms with Crippen LogP contribution in [0.2, 0.25) is 5.02 Å². The van der Waals surface area contributed by atoms with Gasteiger partial charge in [-0.2, -0.15) is 5.26 Å². The molecular weight excluding hydrogens is 330 g/mol. The number of hydrogen-bond donors (Lipinski definition) is 0. The minimum Gasteiger partial charge on any atom is -0.490 e. The molecule has 2 aromatic rings. The van der Waals surface area contributed by atoms with Crippen molar-refractivity contribution in [1.82, 2.24) is 0 Å². The van der Waals surface area contributed by atoms with Gasteiger partial charge in [0, 0.05) is 0 Å². The predicted octanol–water partition coefficient (Wildman–Crippen LogP) is 3.98. The summed E-state index contributed by atoms with van der Waals surface area (Å²) in [5, 5.41) is 8.97. The molecule has 0 heterocycles. The quantitative estimate of drug-likeness (QED) is 0.560. The third-order valence-corrected chi connectivity index (χ3v) is 3.24. The van der Waals surface area contributed by atoms with E-state index in [4.69, 9.17) is 31.1 Å². The van der Waals surface area contributed by atoms with Crippen molar-refractivity contribution in [3.05, 3.63) is 53.1 Å². The molecule has 0 aliphatic heterocycles. The molecule has 0 saturated carbocycles. The molecule has 24 heavy (non-hydrogen) atoms. The minimum absolute atomic E-state index is 0.180. The van der Waals surface area contributed by atoms with Crippen LogP contribution in [0.1, 0.15) is 18.9 Å². The number of carbonyl (C=O) groups is 1. The van der Waals surface area contributed by atoms with Gasteiger partial charge in [0.05, 0.1) is 23.3 Å². The van der Waals surface area contributed by atoms with Gasteiger partial charge in [0.1, 0.15) is 5.75 Å². The van der Waals surface area contributed by atoms with Crippen LogP contribution >= 0.6 is 11.6 Å². The van der Waals surface area contributed by atoms with E-state index in [-0.39, 0.29) is 17.4 Å². The Balaban J connectivity index is 1.95. The van der Waals surface area contributed by atoms with Crippen LogP contribution in [0.4, 0.5) is 0 Å². The van der Waals surface area contributed by atoms with Gasteiger partial charge in [-0.1, -0.05) is 30.7 Å². The lowest BCUT2D eigenvalue weighted by atomic mass is 10.2. The molecular formula is C18H16ClNO4. The summed E-state index contributed by atoms with van der Waals surface area (Å²) < 4.78 is 16.2. The Morgan fingerprint density at radius 2 is 1.83 bits per heavy atom. The van der Waals surface area contributed by atoms with Crippen molar-refractivity contribution in [2.24, 2.45) is 0 Å². The van der Waals surface area contributed by atoms with Crippen LogP contribution in [0.15, 0.2) is 42.5 Å². The van der Waals surface area contributed by atoms with E-state index < -0.39 is 5.97 Å². The molecule has 2 aromatic carbocycles. The van der Waals surface area contributed by atoms with Crippen LogP contribution in [0.5, 0.6) is 17.2 Å². The van der Waals surface area contributed by atoms with Crippen LogP contribution in [0.3, 0.4) is 0 Å². The average Bonchev–Trinajstić information content (AvgIpc) is 2.60. The van der Waals surface area contributed by atoms with Crippen molar-refractivity contribution < 1.29 is 19.0 Å². The van der Waals surface area contributed by atoms with Gasteiger partial charge in [-0.25, -0.2) is 4.79 Å². The zero-order valence-electron chi connectivity index (χ0n) is 13.1. The van der Waals surface area contributed by atoms with Gasteiger partial charge in [-0.05, 0) is 36.8 Å². The number of benzene rings is 2. The maximum absolute atomic E-state index is 11.9. The molecule has 0 aliphatic rings. The molecule has 0 radical (unpaired) electrons. The molecule has 0 N–H and O–H groups in total. The van der Waals surface area contributed by atoms with Gasteiger partial charge in [0.15, 0.2) is 18.1 Å². The highest BCUT2D eigenvalue weighted by Gasteiger charge is 2.12. The summed E-state index contributed by atoms with van der Waals surface area (Å²) in [5.41, 5.74) is 0.387. The summed E-state index contributed by atoms with van der Waals surface area (Å²) in [6.07, 6.45) is 0.869. The lowest BCUT2D eigenvalue weighted by molar-refractivity contribution is -0.136. The molecule has 0 aromatic heterocycles. The summed E-state index contributed by atoms with van der Waals surface area (Å²) in [4.78, 5) is 11.9. The predicted molar refractivity (Wildman–Crippen MR) is 89.5 cm³/mol. The first-order chi connectivity index (χ1) is 11.6. The molecule has 0 bridgehead atoms. The second kappa shape index (κ2) is 8.80. The van der Waals surface area contributed by atoms with E-state index in [0.717, 1.165) is 6.42 Å². The van der Waals surface area contributed by atoms with E-state index in [1.165, 1.54) is 18.2 Å². The first-order valence-electron chi connectivity index (χ1n) is 7.39. The molecule has 5 nitrogen and oxygen atoms in total. The lowest BCUT2D eigenvalue weighted by Gasteiger charge is -2.12. The van der Waals surface area contributed by atoms with Crippen molar-refractivity contribution in [2.45, 2.75) is 13.3 Å². The number of esters is 1. The summed E-state index contributed by atoms with van der Waals surface area (Å²) in [6, 6.07) is 13.5. The third kappa shape index (κ3) is 4.90. The van der Waals surface area contributed by atoms with Crippen molar-refractivity contribution in [3.63, 3.8) is 0 Å². The maximum Gasteiger partial charge on any atom is 0.349 e. The number of rotatable bonds is 7. The van der Waals surface area contributed by atoms with Crippen LogP contribution in [0, 0.1) is 11.3 Å². The first kappa shape index (κ1) is 17.6. The fraction of sp³-hybridized carbons (Fsp3) is 0.222. The highest BCUT2D eigenvalue weighted by atomic mass is 35.5. The van der Waals surface area contributed by atoms with Crippen molar-refractivity contribution in [3.8, 4) is 23.3 Å². The third-order valence-electron chi connectivity index (χ3n) is 2.94. The van der Waals surface area contributed by atoms with Crippen LogP contribution in [0.25, 0.3) is 0 Å². The zero-order chi connectivity index (χ0) is 17.4. The van der Waals surface area contributed by atoms with E-state index in [1.807, 2.05) is 19.1 Å². The van der Waals surface area contributed by atoms with E-state index in [1.54, 1.807) is 18.2 Å².